The second-order valence-corrected chi connectivity index (χ2v) is 4.63. The molecule has 4 nitrogen and oxygen atoms in total. The topological polar surface area (TPSA) is 66.4 Å². The van der Waals surface area contributed by atoms with Crippen LogP contribution in [0.5, 0.6) is 0 Å². The second kappa shape index (κ2) is 4.57. The van der Waals surface area contributed by atoms with E-state index in [0.29, 0.717) is 5.69 Å². The van der Waals surface area contributed by atoms with Crippen molar-refractivity contribution in [1.29, 1.82) is 0 Å². The Bertz CT molecular complexity index is 464. The molecule has 0 fully saturated rings. The van der Waals surface area contributed by atoms with E-state index >= 15 is 0 Å². The molecular formula is C13H17NO3. The summed E-state index contributed by atoms with van der Waals surface area (Å²) in [6.07, 6.45) is 0. The number of carbonyl (C=O) groups excluding carboxylic acids is 1. The van der Waals surface area contributed by atoms with Crippen molar-refractivity contribution in [3.05, 3.63) is 29.3 Å². The Morgan fingerprint density at radius 3 is 2.35 bits per heavy atom. The van der Waals surface area contributed by atoms with Crippen LogP contribution in [0.2, 0.25) is 0 Å². The molecule has 17 heavy (non-hydrogen) atoms. The summed E-state index contributed by atoms with van der Waals surface area (Å²) in [4.78, 5) is 22.8. The Morgan fingerprint density at radius 2 is 1.82 bits per heavy atom. The first-order valence-electron chi connectivity index (χ1n) is 5.38. The molecule has 0 saturated heterocycles. The lowest BCUT2D eigenvalue weighted by molar-refractivity contribution is -0.151. The zero-order chi connectivity index (χ0) is 13.2. The second-order valence-electron chi connectivity index (χ2n) is 4.63. The minimum Gasteiger partial charge on any atom is -0.480 e. The van der Waals surface area contributed by atoms with Crippen LogP contribution in [0.15, 0.2) is 18.2 Å². The van der Waals surface area contributed by atoms with Crippen LogP contribution in [0.3, 0.4) is 0 Å². The zero-order valence-electron chi connectivity index (χ0n) is 10.5. The first kappa shape index (κ1) is 13.2. The van der Waals surface area contributed by atoms with E-state index in [9.17, 15) is 9.59 Å². The van der Waals surface area contributed by atoms with Crippen LogP contribution in [0.25, 0.3) is 0 Å². The molecule has 0 aromatic heterocycles. The lowest BCUT2D eigenvalue weighted by Gasteiger charge is -2.19. The fraction of sp³-hybridized carbons (Fsp3) is 0.385. The van der Waals surface area contributed by atoms with Gasteiger partial charge in [0.15, 0.2) is 0 Å². The van der Waals surface area contributed by atoms with Crippen molar-refractivity contribution in [2.24, 2.45) is 5.41 Å². The minimum absolute atomic E-state index is 0.515. The molecule has 0 aliphatic rings. The normalized spacial score (nSPS) is 11.1. The molecule has 0 unspecified atom stereocenters. The van der Waals surface area contributed by atoms with Gasteiger partial charge in [0.25, 0.3) is 0 Å². The van der Waals surface area contributed by atoms with Crippen LogP contribution >= 0.6 is 0 Å². The number of benzene rings is 1. The van der Waals surface area contributed by atoms with Crippen LogP contribution in [0.1, 0.15) is 25.0 Å². The largest absolute Gasteiger partial charge is 0.480 e. The molecule has 0 saturated carbocycles. The molecule has 0 spiro atoms. The molecule has 0 radical (unpaired) electrons. The van der Waals surface area contributed by atoms with Gasteiger partial charge >= 0.3 is 5.97 Å². The Kier molecular flexibility index (Phi) is 3.56. The third-order valence-electron chi connectivity index (χ3n) is 2.96. The van der Waals surface area contributed by atoms with Crippen LogP contribution < -0.4 is 5.32 Å². The number of anilines is 1. The molecule has 1 rings (SSSR count). The summed E-state index contributed by atoms with van der Waals surface area (Å²) in [6, 6.07) is 5.53. The highest BCUT2D eigenvalue weighted by Gasteiger charge is 2.36. The quantitative estimate of drug-likeness (QED) is 0.790. The van der Waals surface area contributed by atoms with E-state index in [1.54, 1.807) is 6.07 Å². The zero-order valence-corrected chi connectivity index (χ0v) is 10.5. The van der Waals surface area contributed by atoms with Gasteiger partial charge in [-0.25, -0.2) is 0 Å². The van der Waals surface area contributed by atoms with E-state index in [1.165, 1.54) is 13.8 Å². The van der Waals surface area contributed by atoms with Gasteiger partial charge in [0.05, 0.1) is 0 Å². The SMILES string of the molecule is Cc1cccc(NC(=O)C(C)(C)C(=O)O)c1C. The van der Waals surface area contributed by atoms with Crippen molar-refractivity contribution in [3.8, 4) is 0 Å². The maximum atomic E-state index is 11.8. The predicted molar refractivity (Wildman–Crippen MR) is 66.0 cm³/mol. The first-order chi connectivity index (χ1) is 7.76. The minimum atomic E-state index is -1.43. The average Bonchev–Trinajstić information content (AvgIpc) is 2.24. The summed E-state index contributed by atoms with van der Waals surface area (Å²) < 4.78 is 0. The first-order valence-corrected chi connectivity index (χ1v) is 5.38. The number of aliphatic carboxylic acids is 1. The van der Waals surface area contributed by atoms with Gasteiger partial charge in [0.1, 0.15) is 5.41 Å². The smallest absolute Gasteiger partial charge is 0.318 e. The van der Waals surface area contributed by atoms with E-state index in [2.05, 4.69) is 5.32 Å². The molecule has 0 atom stereocenters. The third-order valence-corrected chi connectivity index (χ3v) is 2.96. The van der Waals surface area contributed by atoms with E-state index < -0.39 is 17.3 Å². The molecule has 0 aliphatic carbocycles. The molecule has 4 heteroatoms. The number of hydrogen-bond acceptors (Lipinski definition) is 2. The van der Waals surface area contributed by atoms with Crippen molar-refractivity contribution in [3.63, 3.8) is 0 Å². The van der Waals surface area contributed by atoms with Crippen LogP contribution in [0.4, 0.5) is 5.69 Å². The maximum Gasteiger partial charge on any atom is 0.318 e. The molecule has 1 aromatic carbocycles. The van der Waals surface area contributed by atoms with Gasteiger partial charge < -0.3 is 10.4 Å². The maximum absolute atomic E-state index is 11.8. The predicted octanol–water partition coefficient (Wildman–Crippen LogP) is 2.35. The summed E-state index contributed by atoms with van der Waals surface area (Å²) in [5.74, 6) is -1.65. The third kappa shape index (κ3) is 2.64. The Hall–Kier alpha value is -1.84. The molecule has 0 aliphatic heterocycles. The summed E-state index contributed by atoms with van der Waals surface area (Å²) in [7, 11) is 0. The average molecular weight is 235 g/mol. The van der Waals surface area contributed by atoms with E-state index in [-0.39, 0.29) is 0 Å². The summed E-state index contributed by atoms with van der Waals surface area (Å²) >= 11 is 0. The number of hydrogen-bond donors (Lipinski definition) is 2. The highest BCUT2D eigenvalue weighted by Crippen LogP contribution is 2.22. The van der Waals surface area contributed by atoms with Gasteiger partial charge in [-0.15, -0.1) is 0 Å². The number of amides is 1. The molecule has 92 valence electrons. The molecule has 1 amide bonds. The lowest BCUT2D eigenvalue weighted by atomic mass is 9.92. The van der Waals surface area contributed by atoms with Gasteiger partial charge in [0.2, 0.25) is 5.91 Å². The van der Waals surface area contributed by atoms with Crippen LogP contribution in [0, 0.1) is 19.3 Å². The van der Waals surface area contributed by atoms with Gasteiger partial charge in [-0.3, -0.25) is 9.59 Å². The van der Waals surface area contributed by atoms with Crippen molar-refractivity contribution in [2.45, 2.75) is 27.7 Å². The highest BCUT2D eigenvalue weighted by atomic mass is 16.4. The van der Waals surface area contributed by atoms with E-state index in [4.69, 9.17) is 5.11 Å². The Morgan fingerprint density at radius 1 is 1.24 bits per heavy atom. The van der Waals surface area contributed by atoms with Crippen LogP contribution in [-0.2, 0) is 9.59 Å². The number of rotatable bonds is 3. The van der Waals surface area contributed by atoms with Gasteiger partial charge in [-0.05, 0) is 44.9 Å². The molecular weight excluding hydrogens is 218 g/mol. The fourth-order valence-electron chi connectivity index (χ4n) is 1.26. The van der Waals surface area contributed by atoms with Crippen molar-refractivity contribution in [2.75, 3.05) is 5.32 Å². The Balaban J connectivity index is 2.97. The van der Waals surface area contributed by atoms with E-state index in [0.717, 1.165) is 11.1 Å². The van der Waals surface area contributed by atoms with Gasteiger partial charge in [0, 0.05) is 5.69 Å². The van der Waals surface area contributed by atoms with E-state index in [1.807, 2.05) is 26.0 Å². The standard InChI is InChI=1S/C13H17NO3/c1-8-6-5-7-10(9(8)2)14-11(15)13(3,4)12(16)17/h5-7H,1-4H3,(H,14,15)(H,16,17). The number of carbonyl (C=O) groups is 2. The molecule has 0 heterocycles. The van der Waals surface area contributed by atoms with Crippen molar-refractivity contribution in [1.82, 2.24) is 0 Å². The monoisotopic (exact) mass is 235 g/mol. The highest BCUT2D eigenvalue weighted by molar-refractivity contribution is 6.07. The number of nitrogens with one attached hydrogen (secondary N) is 1. The molecule has 1 aromatic rings. The number of aryl methyl sites for hydroxylation is 1. The number of carboxylic acids is 1. The fourth-order valence-corrected chi connectivity index (χ4v) is 1.26. The summed E-state index contributed by atoms with van der Waals surface area (Å²) in [6.45, 7) is 6.59. The molecule has 2 N–H and O–H groups in total. The molecule has 0 bridgehead atoms. The van der Waals surface area contributed by atoms with Crippen molar-refractivity contribution >= 4 is 17.6 Å². The Labute approximate surface area is 101 Å². The summed E-state index contributed by atoms with van der Waals surface area (Å²) in [5, 5.41) is 11.6. The lowest BCUT2D eigenvalue weighted by Crippen LogP contribution is -2.38. The summed E-state index contributed by atoms with van der Waals surface area (Å²) in [5.41, 5.74) is 1.22. The number of carboxylic acid groups (broad SMARTS) is 1. The van der Waals surface area contributed by atoms with Crippen LogP contribution in [-0.4, -0.2) is 17.0 Å². The van der Waals surface area contributed by atoms with Crippen molar-refractivity contribution < 1.29 is 14.7 Å². The van der Waals surface area contributed by atoms with Gasteiger partial charge in [-0.2, -0.15) is 0 Å². The van der Waals surface area contributed by atoms with Gasteiger partial charge in [-0.1, -0.05) is 12.1 Å².